The Morgan fingerprint density at radius 2 is 1.84 bits per heavy atom. The van der Waals surface area contributed by atoms with Crippen molar-refractivity contribution in [3.63, 3.8) is 0 Å². The highest BCUT2D eigenvalue weighted by Crippen LogP contribution is 2.40. The summed E-state index contributed by atoms with van der Waals surface area (Å²) in [5.74, 6) is 2.98. The molecule has 3 aromatic rings. The lowest BCUT2D eigenvalue weighted by atomic mass is 10.1. The van der Waals surface area contributed by atoms with Gasteiger partial charge in [-0.05, 0) is 12.5 Å². The summed E-state index contributed by atoms with van der Waals surface area (Å²) >= 11 is 0. The molecule has 32 heavy (non-hydrogen) atoms. The summed E-state index contributed by atoms with van der Waals surface area (Å²) in [5.41, 5.74) is 6.83. The summed E-state index contributed by atoms with van der Waals surface area (Å²) in [4.78, 5) is 16.1. The van der Waals surface area contributed by atoms with Crippen LogP contribution in [0.1, 0.15) is 17.5 Å². The summed E-state index contributed by atoms with van der Waals surface area (Å²) in [6.07, 6.45) is 2.10. The number of hydrazone groups is 1. The number of ether oxygens (including phenoxy) is 3. The highest BCUT2D eigenvalue weighted by molar-refractivity contribution is 6.15. The second-order valence-electron chi connectivity index (χ2n) is 6.98. The Kier molecular flexibility index (Phi) is 6.11. The van der Waals surface area contributed by atoms with Gasteiger partial charge in [-0.25, -0.2) is 4.98 Å². The molecular weight excluding hydrogens is 410 g/mol. The molecule has 0 amide bonds. The highest BCUT2D eigenvalue weighted by atomic mass is 16.5. The number of aliphatic imine (C=N–C) groups is 1. The predicted octanol–water partition coefficient (Wildman–Crippen LogP) is 2.80. The number of aromatic nitrogens is 3. The van der Waals surface area contributed by atoms with Gasteiger partial charge < -0.3 is 19.5 Å². The first-order valence-electron chi connectivity index (χ1n) is 9.88. The van der Waals surface area contributed by atoms with Crippen LogP contribution >= 0.6 is 0 Å². The van der Waals surface area contributed by atoms with Gasteiger partial charge in [-0.15, -0.1) is 0 Å². The van der Waals surface area contributed by atoms with Crippen LogP contribution < -0.4 is 29.9 Å². The van der Waals surface area contributed by atoms with E-state index in [1.54, 1.807) is 33.5 Å². The van der Waals surface area contributed by atoms with E-state index in [0.717, 1.165) is 11.3 Å². The van der Waals surface area contributed by atoms with Crippen molar-refractivity contribution in [3.8, 4) is 17.2 Å². The third kappa shape index (κ3) is 4.59. The van der Waals surface area contributed by atoms with Crippen molar-refractivity contribution >= 4 is 29.1 Å². The second-order valence-corrected chi connectivity index (χ2v) is 6.98. The fourth-order valence-electron chi connectivity index (χ4n) is 3.27. The second kappa shape index (κ2) is 9.29. The average Bonchev–Trinajstić information content (AvgIpc) is 3.27. The molecule has 0 spiro atoms. The van der Waals surface area contributed by atoms with Gasteiger partial charge in [0, 0.05) is 12.1 Å². The summed E-state index contributed by atoms with van der Waals surface area (Å²) in [7, 11) is 4.68. The predicted molar refractivity (Wildman–Crippen MR) is 121 cm³/mol. The number of methoxy groups -OCH3 is 3. The molecule has 0 fully saturated rings. The summed E-state index contributed by atoms with van der Waals surface area (Å²) in [6.45, 7) is 2.06. The maximum Gasteiger partial charge on any atom is 0.388 e. The first-order chi connectivity index (χ1) is 15.6. The van der Waals surface area contributed by atoms with Gasteiger partial charge >= 0.3 is 11.9 Å². The first-order valence-corrected chi connectivity index (χ1v) is 9.88. The van der Waals surface area contributed by atoms with Crippen molar-refractivity contribution in [1.29, 1.82) is 0 Å². The van der Waals surface area contributed by atoms with Gasteiger partial charge in [0.2, 0.25) is 5.75 Å². The van der Waals surface area contributed by atoms with E-state index in [1.165, 1.54) is 11.9 Å². The average molecular weight is 434 g/mol. The molecule has 0 aliphatic carbocycles. The molecule has 0 atom stereocenters. The molecule has 0 unspecified atom stereocenters. The maximum atomic E-state index is 5.39. The Morgan fingerprint density at radius 1 is 1.06 bits per heavy atom. The van der Waals surface area contributed by atoms with Gasteiger partial charge in [0.15, 0.2) is 23.7 Å². The molecule has 10 heteroatoms. The van der Waals surface area contributed by atoms with E-state index in [2.05, 4.69) is 54.8 Å². The van der Waals surface area contributed by atoms with E-state index in [9.17, 15) is 0 Å². The van der Waals surface area contributed by atoms with E-state index in [-0.39, 0.29) is 0 Å². The first kappa shape index (κ1) is 21.0. The molecule has 1 aromatic heterocycles. The highest BCUT2D eigenvalue weighted by Gasteiger charge is 2.20. The lowest BCUT2D eigenvalue weighted by Gasteiger charge is -2.13. The number of nitrogens with zero attached hydrogens (tertiary/aromatic N) is 4. The monoisotopic (exact) mass is 434 g/mol. The maximum absolute atomic E-state index is 5.39. The van der Waals surface area contributed by atoms with Crippen LogP contribution in [0.2, 0.25) is 0 Å². The number of H-pyrrole nitrogens is 1. The fraction of sp³-hybridized carbons (Fsp3) is 0.227. The third-order valence-corrected chi connectivity index (χ3v) is 4.76. The molecule has 2 heterocycles. The van der Waals surface area contributed by atoms with Crippen LogP contribution in [0.25, 0.3) is 0 Å². The third-order valence-electron chi connectivity index (χ3n) is 4.76. The number of aromatic amines is 1. The van der Waals surface area contributed by atoms with E-state index >= 15 is 0 Å². The van der Waals surface area contributed by atoms with E-state index in [0.29, 0.717) is 47.1 Å². The Labute approximate surface area is 185 Å². The Hall–Kier alpha value is -4.21. The van der Waals surface area contributed by atoms with Crippen molar-refractivity contribution < 1.29 is 19.2 Å². The normalized spacial score (nSPS) is 14.0. The minimum atomic E-state index is 0.357. The number of nitrogens with one attached hydrogen (secondary N) is 3. The van der Waals surface area contributed by atoms with Gasteiger partial charge in [-0.2, -0.15) is 5.10 Å². The van der Waals surface area contributed by atoms with Crippen molar-refractivity contribution in [3.05, 3.63) is 53.9 Å². The molecule has 0 saturated heterocycles. The smallest absolute Gasteiger partial charge is 0.388 e. The van der Waals surface area contributed by atoms with Gasteiger partial charge in [-0.3, -0.25) is 5.43 Å². The molecule has 1 aliphatic rings. The van der Waals surface area contributed by atoms with Gasteiger partial charge in [0.25, 0.3) is 0 Å². The van der Waals surface area contributed by atoms with Crippen molar-refractivity contribution in [2.24, 2.45) is 10.1 Å². The Bertz CT molecular complexity index is 1170. The van der Waals surface area contributed by atoms with Crippen LogP contribution in [0.5, 0.6) is 17.2 Å². The van der Waals surface area contributed by atoms with Crippen molar-refractivity contribution in [1.82, 2.24) is 15.4 Å². The number of benzene rings is 2. The van der Waals surface area contributed by atoms with Crippen LogP contribution in [0.3, 0.4) is 0 Å². The van der Waals surface area contributed by atoms with Crippen LogP contribution in [-0.2, 0) is 0 Å². The molecule has 1 aliphatic heterocycles. The molecule has 10 nitrogen and oxygen atoms in total. The number of hydrogen-bond donors (Lipinski definition) is 2. The minimum absolute atomic E-state index is 0.357. The molecule has 3 N–H and O–H groups in total. The zero-order valence-corrected chi connectivity index (χ0v) is 18.3. The van der Waals surface area contributed by atoms with Gasteiger partial charge in [-0.1, -0.05) is 44.8 Å². The Morgan fingerprint density at radius 3 is 2.53 bits per heavy atom. The fourth-order valence-corrected chi connectivity index (χ4v) is 3.27. The van der Waals surface area contributed by atoms with Crippen molar-refractivity contribution in [2.45, 2.75) is 13.3 Å². The summed E-state index contributed by atoms with van der Waals surface area (Å²) < 4.78 is 16.1. The number of rotatable bonds is 7. The molecule has 4 rings (SSSR count). The number of anilines is 2. The van der Waals surface area contributed by atoms with E-state index in [1.807, 2.05) is 12.1 Å². The molecule has 0 radical (unpaired) electrons. The van der Waals surface area contributed by atoms with Gasteiger partial charge in [0.05, 0.1) is 39.1 Å². The van der Waals surface area contributed by atoms with Crippen molar-refractivity contribution in [2.75, 3.05) is 26.6 Å². The van der Waals surface area contributed by atoms with Crippen LogP contribution in [0, 0.1) is 6.92 Å². The minimum Gasteiger partial charge on any atom is -0.493 e. The van der Waals surface area contributed by atoms with E-state index in [4.69, 9.17) is 14.2 Å². The zero-order chi connectivity index (χ0) is 22.5. The SMILES string of the molecule is COc1cc(Nc2nc[nH+]c(N=C3CC(c4cccc(C)c4)=NN3)n2)cc(OC)c1OC. The molecular formula is C22H24N7O3+. The largest absolute Gasteiger partial charge is 0.493 e. The Balaban J connectivity index is 1.51. The summed E-state index contributed by atoms with van der Waals surface area (Å²) in [5, 5.41) is 7.53. The number of amidine groups is 1. The topological polar surface area (TPSA) is 116 Å². The zero-order valence-electron chi connectivity index (χ0n) is 18.3. The molecule has 0 saturated carbocycles. The van der Waals surface area contributed by atoms with Crippen LogP contribution in [-0.4, -0.2) is 42.8 Å². The lowest BCUT2D eigenvalue weighted by Crippen LogP contribution is -2.15. The lowest BCUT2D eigenvalue weighted by molar-refractivity contribution is -0.371. The number of hydrogen-bond acceptors (Lipinski definition) is 8. The summed E-state index contributed by atoms with van der Waals surface area (Å²) in [6, 6.07) is 11.7. The number of aryl methyl sites for hydroxylation is 1. The standard InChI is InChI=1S/C22H23N7O3/c1-13-6-5-7-14(8-13)16-11-19(29-28-16)26-22-24-12-23-21(27-22)25-15-9-17(30-2)20(32-4)18(10-15)31-3/h5-10,12H,11H2,1-4H3,(H2,23,24,25,26,27,29)/p+1. The van der Waals surface area contributed by atoms with Crippen LogP contribution in [0.15, 0.2) is 52.8 Å². The van der Waals surface area contributed by atoms with Gasteiger partial charge in [0.1, 0.15) is 0 Å². The van der Waals surface area contributed by atoms with Crippen LogP contribution in [0.4, 0.5) is 17.6 Å². The van der Waals surface area contributed by atoms with E-state index < -0.39 is 0 Å². The quantitative estimate of drug-likeness (QED) is 0.587. The molecule has 164 valence electrons. The molecule has 0 bridgehead atoms. The molecule has 2 aromatic carbocycles.